The van der Waals surface area contributed by atoms with Crippen LogP contribution in [0.4, 0.5) is 0 Å². The van der Waals surface area contributed by atoms with Crippen molar-refractivity contribution in [2.75, 3.05) is 6.54 Å². The van der Waals surface area contributed by atoms with E-state index in [1.165, 1.54) is 0 Å². The summed E-state index contributed by atoms with van der Waals surface area (Å²) in [6.07, 6.45) is 4.27. The zero-order valence-electron chi connectivity index (χ0n) is 12.9. The van der Waals surface area contributed by atoms with Gasteiger partial charge in [-0.25, -0.2) is 0 Å². The zero-order chi connectivity index (χ0) is 16.4. The highest BCUT2D eigenvalue weighted by molar-refractivity contribution is 14.2. The smallest absolute Gasteiger partial charge is 0.126 e. The summed E-state index contributed by atoms with van der Waals surface area (Å²) in [5, 5.41) is 3.29. The molecule has 1 aromatic carbocycles. The van der Waals surface area contributed by atoms with Gasteiger partial charge in [-0.05, 0) is 53.2 Å². The van der Waals surface area contributed by atoms with Crippen LogP contribution in [-0.4, -0.2) is 23.7 Å². The van der Waals surface area contributed by atoms with Gasteiger partial charge in [0.15, 0.2) is 0 Å². The number of rotatable bonds is 4. The van der Waals surface area contributed by atoms with Crippen molar-refractivity contribution in [2.45, 2.75) is 33.0 Å². The van der Waals surface area contributed by atoms with Crippen molar-refractivity contribution in [1.82, 2.24) is 10.2 Å². The van der Waals surface area contributed by atoms with Gasteiger partial charge < -0.3 is 14.7 Å². The standard InChI is InChI=1S/C14H15BrIN2OP.C2H6/c1-11(19-20-16)14-17-8-10-18(14)9-2-3-12-4-6-13(15)7-5-12;1-2/h4-8,10-11,14,17,20H,9H2,1H3;1-2H3. The summed E-state index contributed by atoms with van der Waals surface area (Å²) >= 11 is 5.66. The van der Waals surface area contributed by atoms with Crippen molar-refractivity contribution in [3.05, 3.63) is 46.7 Å². The Morgan fingerprint density at radius 3 is 2.73 bits per heavy atom. The number of hydrogen-bond acceptors (Lipinski definition) is 3. The molecule has 1 aliphatic heterocycles. The van der Waals surface area contributed by atoms with Gasteiger partial charge in [0.25, 0.3) is 0 Å². The monoisotopic (exact) mass is 494 g/mol. The summed E-state index contributed by atoms with van der Waals surface area (Å²) in [4.78, 5) is 2.16. The van der Waals surface area contributed by atoms with Crippen LogP contribution >= 0.6 is 44.4 Å². The van der Waals surface area contributed by atoms with Crippen LogP contribution in [0, 0.1) is 11.8 Å². The Morgan fingerprint density at radius 1 is 1.41 bits per heavy atom. The second kappa shape index (κ2) is 11.3. The summed E-state index contributed by atoms with van der Waals surface area (Å²) in [6, 6.07) is 8.02. The molecule has 0 aliphatic carbocycles. The van der Waals surface area contributed by atoms with Gasteiger partial charge in [-0.2, -0.15) is 0 Å². The first kappa shape index (κ1) is 19.8. The van der Waals surface area contributed by atoms with Gasteiger partial charge in [-0.3, -0.25) is 0 Å². The van der Waals surface area contributed by atoms with E-state index in [0.29, 0.717) is 13.0 Å². The van der Waals surface area contributed by atoms with Gasteiger partial charge in [-0.1, -0.05) is 41.6 Å². The number of benzene rings is 1. The molecule has 3 unspecified atom stereocenters. The molecule has 1 heterocycles. The van der Waals surface area contributed by atoms with Crippen LogP contribution in [0.1, 0.15) is 26.3 Å². The van der Waals surface area contributed by atoms with E-state index in [-0.39, 0.29) is 12.3 Å². The topological polar surface area (TPSA) is 24.5 Å². The third kappa shape index (κ3) is 6.45. The lowest BCUT2D eigenvalue weighted by atomic mass is 10.2. The van der Waals surface area contributed by atoms with Crippen LogP contribution in [0.25, 0.3) is 0 Å². The van der Waals surface area contributed by atoms with Crippen molar-refractivity contribution >= 4 is 44.4 Å². The summed E-state index contributed by atoms with van der Waals surface area (Å²) < 4.78 is 6.72. The number of halogens is 2. The Hall–Kier alpha value is -0.280. The predicted octanol–water partition coefficient (Wildman–Crippen LogP) is 4.88. The summed E-state index contributed by atoms with van der Waals surface area (Å²) in [5.74, 6) is 6.38. The van der Waals surface area contributed by atoms with Crippen LogP contribution in [0.3, 0.4) is 0 Å². The maximum Gasteiger partial charge on any atom is 0.126 e. The van der Waals surface area contributed by atoms with Crippen molar-refractivity contribution in [3.8, 4) is 11.8 Å². The quantitative estimate of drug-likeness (QED) is 0.367. The second-order valence-electron chi connectivity index (χ2n) is 4.31. The van der Waals surface area contributed by atoms with E-state index in [9.17, 15) is 0 Å². The fourth-order valence-corrected chi connectivity index (χ4v) is 3.62. The molecule has 0 saturated carbocycles. The first-order valence-corrected chi connectivity index (χ1v) is 12.0. The van der Waals surface area contributed by atoms with Gasteiger partial charge in [0.05, 0.1) is 19.1 Å². The molecular formula is C16H21BrIN2OP. The molecule has 0 spiro atoms. The Balaban J connectivity index is 0.00000116. The maximum atomic E-state index is 5.65. The van der Waals surface area contributed by atoms with Crippen molar-refractivity contribution in [3.63, 3.8) is 0 Å². The van der Waals surface area contributed by atoms with E-state index in [2.05, 4.69) is 67.0 Å². The molecular weight excluding hydrogens is 474 g/mol. The molecule has 3 atom stereocenters. The highest BCUT2D eigenvalue weighted by atomic mass is 127. The molecule has 0 fully saturated rings. The van der Waals surface area contributed by atoms with Crippen LogP contribution < -0.4 is 5.32 Å². The first-order valence-electron chi connectivity index (χ1n) is 7.15. The predicted molar refractivity (Wildman–Crippen MR) is 108 cm³/mol. The molecule has 0 aromatic heterocycles. The minimum atomic E-state index is 0.134. The average molecular weight is 495 g/mol. The Bertz CT molecular complexity index is 527. The fourth-order valence-electron chi connectivity index (χ4n) is 1.88. The highest BCUT2D eigenvalue weighted by Crippen LogP contribution is 2.26. The number of nitrogens with zero attached hydrogens (tertiary/aromatic N) is 1. The van der Waals surface area contributed by atoms with Crippen LogP contribution in [-0.2, 0) is 4.52 Å². The van der Waals surface area contributed by atoms with Crippen LogP contribution in [0.5, 0.6) is 0 Å². The van der Waals surface area contributed by atoms with E-state index < -0.39 is 0 Å². The summed E-state index contributed by atoms with van der Waals surface area (Å²) in [7, 11) is 0. The largest absolute Gasteiger partial charge is 0.368 e. The van der Waals surface area contributed by atoms with Crippen LogP contribution in [0.2, 0.25) is 0 Å². The number of hydrogen-bond donors (Lipinski definition) is 1. The molecule has 1 aliphatic rings. The third-order valence-corrected chi connectivity index (χ3v) is 4.66. The molecule has 22 heavy (non-hydrogen) atoms. The molecule has 6 heteroatoms. The summed E-state index contributed by atoms with van der Waals surface area (Å²) in [6.45, 7) is 7.23. The zero-order valence-corrected chi connectivity index (χ0v) is 17.7. The third-order valence-electron chi connectivity index (χ3n) is 2.90. The van der Waals surface area contributed by atoms with E-state index >= 15 is 0 Å². The molecule has 120 valence electrons. The van der Waals surface area contributed by atoms with Gasteiger partial charge in [0.1, 0.15) is 6.17 Å². The van der Waals surface area contributed by atoms with Gasteiger partial charge >= 0.3 is 0 Å². The normalized spacial score (nSPS) is 17.5. The molecule has 1 aromatic rings. The van der Waals surface area contributed by atoms with Crippen molar-refractivity contribution in [1.29, 1.82) is 0 Å². The average Bonchev–Trinajstić information content (AvgIpc) is 3.00. The van der Waals surface area contributed by atoms with Gasteiger partial charge in [-0.15, -0.1) is 0 Å². The van der Waals surface area contributed by atoms with Crippen LogP contribution in [0.15, 0.2) is 41.1 Å². The fraction of sp³-hybridized carbons (Fsp3) is 0.375. The Morgan fingerprint density at radius 2 is 2.09 bits per heavy atom. The van der Waals surface area contributed by atoms with Crippen molar-refractivity contribution < 1.29 is 4.52 Å². The lowest BCUT2D eigenvalue weighted by molar-refractivity contribution is 0.132. The van der Waals surface area contributed by atoms with E-state index in [1.54, 1.807) is 0 Å². The number of nitrogens with one attached hydrogen (secondary N) is 1. The molecule has 0 bridgehead atoms. The summed E-state index contributed by atoms with van der Waals surface area (Å²) in [5.41, 5.74) is 1.03. The molecule has 1 N–H and O–H groups in total. The maximum absolute atomic E-state index is 5.65. The molecule has 0 saturated heterocycles. The highest BCUT2D eigenvalue weighted by Gasteiger charge is 2.24. The van der Waals surface area contributed by atoms with Crippen molar-refractivity contribution in [2.24, 2.45) is 0 Å². The van der Waals surface area contributed by atoms with E-state index in [0.717, 1.165) is 10.0 Å². The molecule has 2 rings (SSSR count). The minimum Gasteiger partial charge on any atom is -0.368 e. The van der Waals surface area contributed by atoms with Gasteiger partial charge in [0.2, 0.25) is 0 Å². The van der Waals surface area contributed by atoms with Gasteiger partial charge in [0, 0.05) is 22.4 Å². The lowest BCUT2D eigenvalue weighted by Crippen LogP contribution is -2.44. The van der Waals surface area contributed by atoms with E-state index in [1.807, 2.05) is 50.5 Å². The second-order valence-corrected chi connectivity index (χ2v) is 6.94. The minimum absolute atomic E-state index is 0.134. The molecule has 0 amide bonds. The molecule has 0 radical (unpaired) electrons. The SMILES string of the molecule is CC.CC(OPI)C1NC=CN1CC#Cc1ccc(Br)cc1. The van der Waals surface area contributed by atoms with E-state index in [4.69, 9.17) is 4.52 Å². The Kier molecular flexibility index (Phi) is 10.1. The lowest BCUT2D eigenvalue weighted by Gasteiger charge is -2.28. The Labute approximate surface area is 156 Å². The first-order chi connectivity index (χ1) is 10.7. The molecule has 3 nitrogen and oxygen atoms in total.